The van der Waals surface area contributed by atoms with E-state index in [1.165, 1.54) is 0 Å². The maximum atomic E-state index is 13.2. The molecule has 2 saturated heterocycles. The van der Waals surface area contributed by atoms with Gasteiger partial charge in [0.05, 0.1) is 19.8 Å². The van der Waals surface area contributed by atoms with Crippen molar-refractivity contribution in [2.24, 2.45) is 0 Å². The van der Waals surface area contributed by atoms with E-state index in [1.54, 1.807) is 35.0 Å². The molecule has 2 fully saturated rings. The zero-order valence-electron chi connectivity index (χ0n) is 17.4. The highest BCUT2D eigenvalue weighted by Crippen LogP contribution is 2.17. The Morgan fingerprint density at radius 1 is 1.27 bits per heavy atom. The maximum Gasteiger partial charge on any atom is 0.263 e. The van der Waals surface area contributed by atoms with Gasteiger partial charge in [-0.2, -0.15) is 4.98 Å². The molecule has 4 rings (SSSR count). The van der Waals surface area contributed by atoms with Crippen LogP contribution in [-0.2, 0) is 11.3 Å². The lowest BCUT2D eigenvalue weighted by Crippen LogP contribution is -2.50. The third kappa shape index (κ3) is 4.16. The summed E-state index contributed by atoms with van der Waals surface area (Å²) in [5.74, 6) is 0.867. The second-order valence-corrected chi connectivity index (χ2v) is 7.64. The summed E-state index contributed by atoms with van der Waals surface area (Å²) in [5, 5.41) is 0. The number of amides is 1. The average molecular weight is 413 g/mol. The maximum absolute atomic E-state index is 13.2. The van der Waals surface area contributed by atoms with Crippen LogP contribution in [0.2, 0.25) is 0 Å². The second-order valence-electron chi connectivity index (χ2n) is 7.64. The van der Waals surface area contributed by atoms with Crippen molar-refractivity contribution in [2.45, 2.75) is 32.4 Å². The molecule has 4 heterocycles. The van der Waals surface area contributed by atoms with Crippen molar-refractivity contribution in [1.82, 2.24) is 19.4 Å². The van der Waals surface area contributed by atoms with E-state index in [0.29, 0.717) is 50.1 Å². The van der Waals surface area contributed by atoms with Crippen molar-refractivity contribution >= 4 is 11.9 Å². The first kappa shape index (κ1) is 20.3. The summed E-state index contributed by atoms with van der Waals surface area (Å²) in [6.45, 7) is 5.21. The van der Waals surface area contributed by atoms with Crippen LogP contribution in [0.4, 0.5) is 5.95 Å². The lowest BCUT2D eigenvalue weighted by Gasteiger charge is -2.34. The van der Waals surface area contributed by atoms with Crippen LogP contribution in [0.3, 0.4) is 0 Å². The molecule has 2 aliphatic rings. The Morgan fingerprint density at radius 2 is 2.07 bits per heavy atom. The molecule has 160 valence electrons. The number of hydrogen-bond donors (Lipinski definition) is 0. The van der Waals surface area contributed by atoms with Crippen molar-refractivity contribution in [3.8, 4) is 5.88 Å². The van der Waals surface area contributed by atoms with Gasteiger partial charge in [0.1, 0.15) is 5.56 Å². The molecule has 9 nitrogen and oxygen atoms in total. The van der Waals surface area contributed by atoms with Gasteiger partial charge in [-0.3, -0.25) is 9.59 Å². The van der Waals surface area contributed by atoms with Gasteiger partial charge in [0.2, 0.25) is 11.8 Å². The highest BCUT2D eigenvalue weighted by atomic mass is 16.5. The van der Waals surface area contributed by atoms with Crippen LogP contribution >= 0.6 is 0 Å². The minimum absolute atomic E-state index is 0.0415. The van der Waals surface area contributed by atoms with E-state index in [1.807, 2.05) is 17.9 Å². The molecular formula is C21H27N5O4. The number of aryl methyl sites for hydroxylation is 1. The van der Waals surface area contributed by atoms with Gasteiger partial charge < -0.3 is 23.8 Å². The van der Waals surface area contributed by atoms with Crippen LogP contribution in [0.1, 0.15) is 28.8 Å². The van der Waals surface area contributed by atoms with Crippen LogP contribution in [-0.4, -0.2) is 71.3 Å². The molecule has 9 heteroatoms. The lowest BCUT2D eigenvalue weighted by molar-refractivity contribution is 0.0739. The number of rotatable bonds is 5. The fraction of sp³-hybridized carbons (Fsp3) is 0.524. The van der Waals surface area contributed by atoms with Crippen LogP contribution in [0.5, 0.6) is 5.88 Å². The molecule has 1 amide bonds. The molecule has 2 aromatic heterocycles. The number of carbonyl (C=O) groups excluding carboxylic acids is 1. The van der Waals surface area contributed by atoms with Crippen LogP contribution in [0.25, 0.3) is 0 Å². The van der Waals surface area contributed by atoms with Gasteiger partial charge in [0.15, 0.2) is 0 Å². The van der Waals surface area contributed by atoms with E-state index in [9.17, 15) is 9.59 Å². The van der Waals surface area contributed by atoms with Crippen molar-refractivity contribution in [3.63, 3.8) is 0 Å². The SMILES string of the molecule is COc1ccnc(N2CCN(C(=O)c3c(C)ccn(CC4CCCO4)c3=O)CC2)n1. The third-order valence-electron chi connectivity index (χ3n) is 5.69. The zero-order valence-corrected chi connectivity index (χ0v) is 17.4. The first-order valence-corrected chi connectivity index (χ1v) is 10.3. The smallest absolute Gasteiger partial charge is 0.263 e. The Kier molecular flexibility index (Phi) is 5.98. The number of anilines is 1. The number of piperazine rings is 1. The van der Waals surface area contributed by atoms with Crippen LogP contribution < -0.4 is 15.2 Å². The van der Waals surface area contributed by atoms with Gasteiger partial charge in [-0.1, -0.05) is 0 Å². The zero-order chi connectivity index (χ0) is 21.1. The summed E-state index contributed by atoms with van der Waals surface area (Å²) in [5.41, 5.74) is 0.711. The van der Waals surface area contributed by atoms with Gasteiger partial charge in [-0.25, -0.2) is 4.98 Å². The molecule has 2 aromatic rings. The molecular weight excluding hydrogens is 386 g/mol. The predicted molar refractivity (Wildman–Crippen MR) is 111 cm³/mol. The predicted octanol–water partition coefficient (Wildman–Crippen LogP) is 1.10. The molecule has 1 unspecified atom stereocenters. The molecule has 2 aliphatic heterocycles. The summed E-state index contributed by atoms with van der Waals surface area (Å²) >= 11 is 0. The van der Waals surface area contributed by atoms with Crippen molar-refractivity contribution in [2.75, 3.05) is 44.8 Å². The number of nitrogens with zero attached hydrogens (tertiary/aromatic N) is 5. The standard InChI is InChI=1S/C21H27N5O4/c1-15-6-8-26(14-16-4-3-13-30-16)20(28)18(15)19(27)24-9-11-25(12-10-24)21-22-7-5-17(23-21)29-2/h5-8,16H,3-4,9-14H2,1-2H3. The molecule has 30 heavy (non-hydrogen) atoms. The molecule has 0 saturated carbocycles. The van der Waals surface area contributed by atoms with Gasteiger partial charge >= 0.3 is 0 Å². The van der Waals surface area contributed by atoms with E-state index >= 15 is 0 Å². The normalized spacial score (nSPS) is 19.2. The minimum atomic E-state index is -0.242. The number of methoxy groups -OCH3 is 1. The van der Waals surface area contributed by atoms with Crippen molar-refractivity contribution < 1.29 is 14.3 Å². The first-order chi connectivity index (χ1) is 14.6. The fourth-order valence-corrected chi connectivity index (χ4v) is 3.94. The number of pyridine rings is 1. The van der Waals surface area contributed by atoms with E-state index in [0.717, 1.165) is 19.4 Å². The van der Waals surface area contributed by atoms with Gasteiger partial charge in [0, 0.05) is 51.2 Å². The average Bonchev–Trinajstić information content (AvgIpc) is 3.29. The summed E-state index contributed by atoms with van der Waals surface area (Å²) in [4.78, 5) is 38.6. The summed E-state index contributed by atoms with van der Waals surface area (Å²) in [6, 6.07) is 3.53. The monoisotopic (exact) mass is 413 g/mol. The Labute approximate surface area is 175 Å². The Hall–Kier alpha value is -2.94. The van der Waals surface area contributed by atoms with E-state index in [2.05, 4.69) is 9.97 Å². The van der Waals surface area contributed by atoms with Crippen molar-refractivity contribution in [3.05, 3.63) is 46.0 Å². The molecule has 0 spiro atoms. The topological polar surface area (TPSA) is 89.8 Å². The van der Waals surface area contributed by atoms with E-state index in [4.69, 9.17) is 9.47 Å². The first-order valence-electron chi connectivity index (χ1n) is 10.3. The Balaban J connectivity index is 1.46. The number of aromatic nitrogens is 3. The van der Waals surface area contributed by atoms with Gasteiger partial charge in [-0.15, -0.1) is 0 Å². The third-order valence-corrected chi connectivity index (χ3v) is 5.69. The lowest BCUT2D eigenvalue weighted by atomic mass is 10.1. The molecule has 0 radical (unpaired) electrons. The molecule has 0 aliphatic carbocycles. The molecule has 0 bridgehead atoms. The second kappa shape index (κ2) is 8.83. The van der Waals surface area contributed by atoms with Crippen LogP contribution in [0, 0.1) is 6.92 Å². The van der Waals surface area contributed by atoms with Gasteiger partial charge in [0.25, 0.3) is 11.5 Å². The highest BCUT2D eigenvalue weighted by Gasteiger charge is 2.27. The Morgan fingerprint density at radius 3 is 2.77 bits per heavy atom. The fourth-order valence-electron chi connectivity index (χ4n) is 3.94. The summed E-state index contributed by atoms with van der Waals surface area (Å²) in [6.07, 6.45) is 5.41. The number of ether oxygens (including phenoxy) is 2. The quantitative estimate of drug-likeness (QED) is 0.725. The number of carbonyl (C=O) groups is 1. The highest BCUT2D eigenvalue weighted by molar-refractivity contribution is 5.95. The van der Waals surface area contributed by atoms with Gasteiger partial charge in [-0.05, 0) is 31.4 Å². The summed E-state index contributed by atoms with van der Waals surface area (Å²) in [7, 11) is 1.57. The molecule has 1 atom stereocenters. The van der Waals surface area contributed by atoms with Crippen molar-refractivity contribution in [1.29, 1.82) is 0 Å². The number of hydrogen-bond acceptors (Lipinski definition) is 7. The van der Waals surface area contributed by atoms with E-state index in [-0.39, 0.29) is 23.1 Å². The Bertz CT molecular complexity index is 962. The summed E-state index contributed by atoms with van der Waals surface area (Å²) < 4.78 is 12.4. The van der Waals surface area contributed by atoms with E-state index < -0.39 is 0 Å². The largest absolute Gasteiger partial charge is 0.481 e. The molecule has 0 aromatic carbocycles. The minimum Gasteiger partial charge on any atom is -0.481 e. The van der Waals surface area contributed by atoms with Crippen LogP contribution in [0.15, 0.2) is 29.3 Å². The molecule has 0 N–H and O–H groups in total.